The van der Waals surface area contributed by atoms with Crippen molar-refractivity contribution in [3.8, 4) is 5.75 Å². The van der Waals surface area contributed by atoms with Gasteiger partial charge in [-0.05, 0) is 36.2 Å². The number of methoxy groups -OCH3 is 1. The van der Waals surface area contributed by atoms with Gasteiger partial charge in [-0.3, -0.25) is 4.79 Å². The van der Waals surface area contributed by atoms with E-state index in [1.54, 1.807) is 25.7 Å². The second-order valence-electron chi connectivity index (χ2n) is 5.00. The highest BCUT2D eigenvalue weighted by atomic mass is 16.5. The first-order chi connectivity index (χ1) is 10.8. The van der Waals surface area contributed by atoms with Gasteiger partial charge in [0, 0.05) is 18.3 Å². The Morgan fingerprint density at radius 2 is 2.09 bits per heavy atom. The summed E-state index contributed by atoms with van der Waals surface area (Å²) in [7, 11) is 1.65. The maximum atomic E-state index is 12.1. The molecule has 0 unspecified atom stereocenters. The van der Waals surface area contributed by atoms with E-state index in [-0.39, 0.29) is 5.91 Å². The van der Waals surface area contributed by atoms with Crippen LogP contribution in [0.15, 0.2) is 55.1 Å². The normalized spacial score (nSPS) is 10.6. The molecule has 1 amide bonds. The van der Waals surface area contributed by atoms with E-state index in [2.05, 4.69) is 10.3 Å². The van der Waals surface area contributed by atoms with Crippen LogP contribution >= 0.6 is 0 Å². The lowest BCUT2D eigenvalue weighted by atomic mass is 10.1. The molecule has 0 spiro atoms. The van der Waals surface area contributed by atoms with Crippen molar-refractivity contribution in [1.29, 1.82) is 0 Å². The number of aromatic nitrogens is 2. The lowest BCUT2D eigenvalue weighted by Crippen LogP contribution is -2.25. The Bertz CT molecular complexity index is 778. The zero-order valence-electron chi connectivity index (χ0n) is 12.3. The first kappa shape index (κ1) is 14.1. The van der Waals surface area contributed by atoms with Gasteiger partial charge in [0.2, 0.25) is 0 Å². The summed E-state index contributed by atoms with van der Waals surface area (Å²) in [5.74, 6) is 0.763. The molecule has 112 valence electrons. The van der Waals surface area contributed by atoms with Crippen molar-refractivity contribution in [2.75, 3.05) is 13.7 Å². The first-order valence-electron chi connectivity index (χ1n) is 7.09. The number of fused-ring (bicyclic) bond motifs is 1. The molecule has 3 rings (SSSR count). The van der Waals surface area contributed by atoms with Crippen LogP contribution in [-0.4, -0.2) is 28.9 Å². The highest BCUT2D eigenvalue weighted by Gasteiger charge is 2.06. The molecule has 1 aromatic carbocycles. The lowest BCUT2D eigenvalue weighted by molar-refractivity contribution is 0.0954. The van der Waals surface area contributed by atoms with Crippen LogP contribution in [0.3, 0.4) is 0 Å². The number of nitrogens with one attached hydrogen (secondary N) is 1. The maximum Gasteiger partial charge on any atom is 0.251 e. The van der Waals surface area contributed by atoms with Crippen molar-refractivity contribution in [3.63, 3.8) is 0 Å². The van der Waals surface area contributed by atoms with Crippen LogP contribution in [0.2, 0.25) is 0 Å². The van der Waals surface area contributed by atoms with Gasteiger partial charge in [0.1, 0.15) is 5.75 Å². The van der Waals surface area contributed by atoms with Crippen molar-refractivity contribution < 1.29 is 9.53 Å². The third-order valence-corrected chi connectivity index (χ3v) is 3.53. The van der Waals surface area contributed by atoms with E-state index in [0.29, 0.717) is 12.1 Å². The molecule has 22 heavy (non-hydrogen) atoms. The number of benzene rings is 1. The summed E-state index contributed by atoms with van der Waals surface area (Å²) in [4.78, 5) is 16.2. The monoisotopic (exact) mass is 295 g/mol. The van der Waals surface area contributed by atoms with Gasteiger partial charge >= 0.3 is 0 Å². The van der Waals surface area contributed by atoms with E-state index >= 15 is 0 Å². The Kier molecular flexibility index (Phi) is 4.05. The molecule has 3 aromatic rings. The minimum absolute atomic E-state index is 0.0720. The molecule has 0 saturated carbocycles. The third kappa shape index (κ3) is 3.09. The quantitative estimate of drug-likeness (QED) is 0.786. The number of amides is 1. The van der Waals surface area contributed by atoms with Gasteiger partial charge in [0.15, 0.2) is 0 Å². The van der Waals surface area contributed by atoms with Crippen LogP contribution in [0.1, 0.15) is 15.9 Å². The van der Waals surface area contributed by atoms with Gasteiger partial charge < -0.3 is 14.5 Å². The summed E-state index contributed by atoms with van der Waals surface area (Å²) in [6.45, 7) is 0.593. The van der Waals surface area contributed by atoms with Gasteiger partial charge in [-0.15, -0.1) is 0 Å². The van der Waals surface area contributed by atoms with E-state index in [0.717, 1.165) is 23.3 Å². The van der Waals surface area contributed by atoms with Crippen LogP contribution in [-0.2, 0) is 6.42 Å². The minimum atomic E-state index is -0.0720. The molecule has 0 aliphatic rings. The topological polar surface area (TPSA) is 55.6 Å². The first-order valence-corrected chi connectivity index (χ1v) is 7.09. The van der Waals surface area contributed by atoms with Crippen LogP contribution in [0.25, 0.3) is 5.52 Å². The Labute approximate surface area is 128 Å². The molecular formula is C17H17N3O2. The Hall–Kier alpha value is -2.82. The average molecular weight is 295 g/mol. The van der Waals surface area contributed by atoms with Gasteiger partial charge in [-0.2, -0.15) is 0 Å². The van der Waals surface area contributed by atoms with Crippen molar-refractivity contribution in [2.45, 2.75) is 6.42 Å². The van der Waals surface area contributed by atoms with E-state index in [9.17, 15) is 4.79 Å². The molecule has 0 radical (unpaired) electrons. The Balaban J connectivity index is 1.57. The zero-order chi connectivity index (χ0) is 15.4. The number of rotatable bonds is 5. The van der Waals surface area contributed by atoms with Crippen LogP contribution in [0.4, 0.5) is 0 Å². The molecule has 2 aromatic heterocycles. The van der Waals surface area contributed by atoms with Crippen molar-refractivity contribution in [1.82, 2.24) is 14.7 Å². The minimum Gasteiger partial charge on any atom is -0.497 e. The number of nitrogens with zero attached hydrogens (tertiary/aromatic N) is 2. The standard InChI is InChI=1S/C17H17N3O2/c1-22-16-4-2-13(3-5-16)6-8-19-17(21)14-7-9-20-12-18-11-15(20)10-14/h2-5,7,9-12H,6,8H2,1H3,(H,19,21). The van der Waals surface area contributed by atoms with Crippen LogP contribution < -0.4 is 10.1 Å². The zero-order valence-corrected chi connectivity index (χ0v) is 12.3. The molecule has 0 aliphatic carbocycles. The second-order valence-corrected chi connectivity index (χ2v) is 5.00. The molecule has 0 atom stereocenters. The van der Waals surface area contributed by atoms with Gasteiger partial charge in [-0.1, -0.05) is 12.1 Å². The second kappa shape index (κ2) is 6.30. The Morgan fingerprint density at radius 1 is 1.27 bits per heavy atom. The highest BCUT2D eigenvalue weighted by molar-refractivity contribution is 5.95. The van der Waals surface area contributed by atoms with Crippen LogP contribution in [0.5, 0.6) is 5.75 Å². The summed E-state index contributed by atoms with van der Waals surface area (Å²) in [6.07, 6.45) is 6.06. The fourth-order valence-corrected chi connectivity index (χ4v) is 2.28. The molecule has 0 saturated heterocycles. The smallest absolute Gasteiger partial charge is 0.251 e. The largest absolute Gasteiger partial charge is 0.497 e. The summed E-state index contributed by atoms with van der Waals surface area (Å²) in [6, 6.07) is 11.5. The van der Waals surface area contributed by atoms with Crippen molar-refractivity contribution in [2.24, 2.45) is 0 Å². The Morgan fingerprint density at radius 3 is 2.86 bits per heavy atom. The predicted octanol–water partition coefficient (Wildman–Crippen LogP) is 2.32. The van der Waals surface area contributed by atoms with Crippen molar-refractivity contribution in [3.05, 3.63) is 66.2 Å². The lowest BCUT2D eigenvalue weighted by Gasteiger charge is -2.07. The van der Waals surface area contributed by atoms with E-state index in [1.165, 1.54) is 0 Å². The summed E-state index contributed by atoms with van der Waals surface area (Å²) >= 11 is 0. The van der Waals surface area contributed by atoms with Crippen molar-refractivity contribution >= 4 is 11.4 Å². The molecule has 0 aliphatic heterocycles. The number of ether oxygens (including phenoxy) is 1. The molecule has 0 fully saturated rings. The molecule has 1 N–H and O–H groups in total. The van der Waals surface area contributed by atoms with Gasteiger partial charge in [-0.25, -0.2) is 4.98 Å². The summed E-state index contributed by atoms with van der Waals surface area (Å²) < 4.78 is 6.99. The SMILES string of the molecule is COc1ccc(CCNC(=O)c2ccn3cncc3c2)cc1. The van der Waals surface area contributed by atoms with E-state index < -0.39 is 0 Å². The number of imidazole rings is 1. The van der Waals surface area contributed by atoms with E-state index in [1.807, 2.05) is 40.9 Å². The fraction of sp³-hybridized carbons (Fsp3) is 0.176. The molecular weight excluding hydrogens is 278 g/mol. The average Bonchev–Trinajstić information content (AvgIpc) is 3.03. The highest BCUT2D eigenvalue weighted by Crippen LogP contribution is 2.11. The number of carbonyl (C=O) groups is 1. The number of hydrogen-bond acceptors (Lipinski definition) is 3. The molecule has 5 nitrogen and oxygen atoms in total. The third-order valence-electron chi connectivity index (χ3n) is 3.53. The maximum absolute atomic E-state index is 12.1. The fourth-order valence-electron chi connectivity index (χ4n) is 2.28. The van der Waals surface area contributed by atoms with E-state index in [4.69, 9.17) is 4.74 Å². The number of pyridine rings is 1. The van der Waals surface area contributed by atoms with Crippen LogP contribution in [0, 0.1) is 0 Å². The number of carbonyl (C=O) groups excluding carboxylic acids is 1. The number of hydrogen-bond donors (Lipinski definition) is 1. The van der Waals surface area contributed by atoms with Gasteiger partial charge in [0.25, 0.3) is 5.91 Å². The summed E-state index contributed by atoms with van der Waals surface area (Å²) in [5.41, 5.74) is 2.71. The molecule has 0 bridgehead atoms. The van der Waals surface area contributed by atoms with Gasteiger partial charge in [0.05, 0.1) is 25.2 Å². The predicted molar refractivity (Wildman–Crippen MR) is 84.2 cm³/mol. The summed E-state index contributed by atoms with van der Waals surface area (Å²) in [5, 5.41) is 2.93. The molecule has 5 heteroatoms. The molecule has 2 heterocycles.